The summed E-state index contributed by atoms with van der Waals surface area (Å²) in [5.74, 6) is 2.30. The second-order valence-corrected chi connectivity index (χ2v) is 2.66. The Kier molecular flexibility index (Phi) is 3.21. The molecule has 6 nitrogen and oxygen atoms in total. The molecule has 0 bridgehead atoms. The van der Waals surface area contributed by atoms with Gasteiger partial charge in [0.1, 0.15) is 0 Å². The van der Waals surface area contributed by atoms with Crippen LogP contribution in [0.2, 0.25) is 0 Å². The Labute approximate surface area is 88.8 Å². The predicted octanol–water partition coefficient (Wildman–Crippen LogP) is 2.05. The molecule has 0 radical (unpaired) electrons. The van der Waals surface area contributed by atoms with Crippen molar-refractivity contribution in [2.75, 3.05) is 0 Å². The number of rotatable bonds is 2. The van der Waals surface area contributed by atoms with E-state index in [0.29, 0.717) is 0 Å². The highest BCUT2D eigenvalue weighted by Crippen LogP contribution is 2.21. The number of hydrogen-bond acceptors (Lipinski definition) is 4. The fourth-order valence-electron chi connectivity index (χ4n) is 0.933. The summed E-state index contributed by atoms with van der Waals surface area (Å²) in [5.41, 5.74) is -0.650. The molecule has 76 valence electrons. The van der Waals surface area contributed by atoms with Crippen molar-refractivity contribution < 1.29 is 9.85 Å². The number of nitrogens with zero attached hydrogens (tertiary/aromatic N) is 2. The van der Waals surface area contributed by atoms with Crippen molar-refractivity contribution in [3.63, 3.8) is 0 Å². The van der Waals surface area contributed by atoms with Gasteiger partial charge in [0.25, 0.3) is 11.4 Å². The maximum Gasteiger partial charge on any atom is 0.277 e. The number of non-ortho nitro benzene ring substituents is 2. The molecule has 7 heteroatoms. The van der Waals surface area contributed by atoms with Crippen molar-refractivity contribution in [1.29, 1.82) is 0 Å². The summed E-state index contributed by atoms with van der Waals surface area (Å²) in [6, 6.07) is 3.09. The lowest BCUT2D eigenvalue weighted by atomic mass is 10.2. The van der Waals surface area contributed by atoms with Crippen LogP contribution >= 0.6 is 11.6 Å². The third-order valence-corrected chi connectivity index (χ3v) is 1.61. The van der Waals surface area contributed by atoms with Crippen molar-refractivity contribution in [2.45, 2.75) is 0 Å². The molecule has 0 saturated heterocycles. The van der Waals surface area contributed by atoms with Gasteiger partial charge in [0.15, 0.2) is 0 Å². The minimum atomic E-state index is -0.730. The molecule has 0 aliphatic carbocycles. The molecular formula is C8H3ClN2O4. The van der Waals surface area contributed by atoms with Gasteiger partial charge in [-0.15, -0.1) is 0 Å². The van der Waals surface area contributed by atoms with Crippen LogP contribution in [-0.2, 0) is 0 Å². The first-order chi connectivity index (χ1) is 7.04. The van der Waals surface area contributed by atoms with Crippen LogP contribution in [0.25, 0.3) is 0 Å². The van der Waals surface area contributed by atoms with Crippen molar-refractivity contribution in [2.24, 2.45) is 0 Å². The largest absolute Gasteiger partial charge is 0.277 e. The number of benzene rings is 1. The summed E-state index contributed by atoms with van der Waals surface area (Å²) >= 11 is 5.10. The van der Waals surface area contributed by atoms with Gasteiger partial charge in [-0.05, 0) is 17.5 Å². The Morgan fingerprint density at radius 2 is 1.53 bits per heavy atom. The number of hydrogen-bond donors (Lipinski definition) is 0. The highest BCUT2D eigenvalue weighted by Gasteiger charge is 2.15. The van der Waals surface area contributed by atoms with E-state index in [-0.39, 0.29) is 5.56 Å². The SMILES string of the molecule is O=[N+]([O-])c1cc(C#CCl)cc([N+](=O)[O-])c1. The van der Waals surface area contributed by atoms with Crippen LogP contribution in [0.15, 0.2) is 18.2 Å². The quantitative estimate of drug-likeness (QED) is 0.439. The zero-order chi connectivity index (χ0) is 11.4. The van der Waals surface area contributed by atoms with Crippen molar-refractivity contribution in [3.8, 4) is 11.3 Å². The molecule has 0 N–H and O–H groups in total. The van der Waals surface area contributed by atoms with Gasteiger partial charge < -0.3 is 0 Å². The molecule has 1 aromatic carbocycles. The second kappa shape index (κ2) is 4.39. The second-order valence-electron chi connectivity index (χ2n) is 2.47. The van der Waals surface area contributed by atoms with Gasteiger partial charge in [-0.1, -0.05) is 0 Å². The van der Waals surface area contributed by atoms with Crippen LogP contribution in [0.5, 0.6) is 0 Å². The Morgan fingerprint density at radius 1 is 1.07 bits per heavy atom. The molecule has 0 atom stereocenters. The van der Waals surface area contributed by atoms with E-state index in [0.717, 1.165) is 18.2 Å². The highest BCUT2D eigenvalue weighted by molar-refractivity contribution is 6.30. The predicted molar refractivity (Wildman–Crippen MR) is 52.5 cm³/mol. The Hall–Kier alpha value is -2.13. The van der Waals surface area contributed by atoms with Crippen molar-refractivity contribution in [1.82, 2.24) is 0 Å². The standard InChI is InChI=1S/C8H3ClN2O4/c9-2-1-6-3-7(10(12)13)5-8(4-6)11(14)15/h3-5H. The van der Waals surface area contributed by atoms with E-state index >= 15 is 0 Å². The fraction of sp³-hybridized carbons (Fsp3) is 0. The molecule has 0 saturated carbocycles. The Morgan fingerprint density at radius 3 is 1.87 bits per heavy atom. The lowest BCUT2D eigenvalue weighted by Crippen LogP contribution is -1.93. The minimum absolute atomic E-state index is 0.130. The van der Waals surface area contributed by atoms with E-state index in [1.54, 1.807) is 0 Å². The summed E-state index contributed by atoms with van der Waals surface area (Å²) in [5, 5.41) is 22.9. The molecule has 0 heterocycles. The zero-order valence-electron chi connectivity index (χ0n) is 7.14. The third-order valence-electron chi connectivity index (χ3n) is 1.52. The zero-order valence-corrected chi connectivity index (χ0v) is 7.89. The summed E-state index contributed by atoms with van der Waals surface area (Å²) in [4.78, 5) is 19.4. The van der Waals surface area contributed by atoms with E-state index in [1.165, 1.54) is 0 Å². The average molecular weight is 227 g/mol. The van der Waals surface area contributed by atoms with E-state index in [1.807, 2.05) is 5.38 Å². The molecule has 0 aromatic heterocycles. The van der Waals surface area contributed by atoms with E-state index < -0.39 is 21.2 Å². The smallest absolute Gasteiger partial charge is 0.258 e. The number of halogens is 1. The van der Waals surface area contributed by atoms with Crippen LogP contribution in [0.3, 0.4) is 0 Å². The van der Waals surface area contributed by atoms with Gasteiger partial charge in [0.05, 0.1) is 15.9 Å². The van der Waals surface area contributed by atoms with Gasteiger partial charge in [0.2, 0.25) is 0 Å². The van der Waals surface area contributed by atoms with Gasteiger partial charge in [-0.2, -0.15) is 0 Å². The van der Waals surface area contributed by atoms with E-state index in [2.05, 4.69) is 5.92 Å². The Bertz CT molecular complexity index is 457. The van der Waals surface area contributed by atoms with E-state index in [4.69, 9.17) is 11.6 Å². The normalized spacial score (nSPS) is 8.87. The summed E-state index contributed by atoms with van der Waals surface area (Å²) < 4.78 is 0. The van der Waals surface area contributed by atoms with Gasteiger partial charge in [-0.3, -0.25) is 20.2 Å². The van der Waals surface area contributed by atoms with Crippen LogP contribution in [-0.4, -0.2) is 9.85 Å². The van der Waals surface area contributed by atoms with Crippen LogP contribution in [0.4, 0.5) is 11.4 Å². The van der Waals surface area contributed by atoms with Crippen molar-refractivity contribution in [3.05, 3.63) is 44.0 Å². The van der Waals surface area contributed by atoms with Crippen LogP contribution in [0, 0.1) is 31.5 Å². The van der Waals surface area contributed by atoms with Gasteiger partial charge in [0, 0.05) is 23.1 Å². The molecule has 0 aliphatic rings. The monoisotopic (exact) mass is 226 g/mol. The molecule has 1 aromatic rings. The molecule has 1 rings (SSSR count). The third kappa shape index (κ3) is 2.65. The molecule has 0 aliphatic heterocycles. The lowest BCUT2D eigenvalue weighted by molar-refractivity contribution is -0.394. The topological polar surface area (TPSA) is 86.3 Å². The maximum atomic E-state index is 10.4. The van der Waals surface area contributed by atoms with Crippen LogP contribution < -0.4 is 0 Å². The first-order valence-electron chi connectivity index (χ1n) is 3.60. The number of nitro benzene ring substituents is 2. The Balaban J connectivity index is 3.36. The minimum Gasteiger partial charge on any atom is -0.258 e. The summed E-state index contributed by atoms with van der Waals surface area (Å²) in [6.07, 6.45) is 0. The molecule has 0 unspecified atom stereocenters. The molecule has 0 amide bonds. The molecule has 0 fully saturated rings. The first kappa shape index (κ1) is 10.9. The average Bonchev–Trinajstić information content (AvgIpc) is 2.17. The van der Waals surface area contributed by atoms with Crippen molar-refractivity contribution >= 4 is 23.0 Å². The fourth-order valence-corrected chi connectivity index (χ4v) is 1.04. The summed E-state index contributed by atoms with van der Waals surface area (Å²) in [6.45, 7) is 0. The molecule has 15 heavy (non-hydrogen) atoms. The maximum absolute atomic E-state index is 10.4. The summed E-state index contributed by atoms with van der Waals surface area (Å²) in [7, 11) is 0. The highest BCUT2D eigenvalue weighted by atomic mass is 35.5. The lowest BCUT2D eigenvalue weighted by Gasteiger charge is -1.94. The van der Waals surface area contributed by atoms with Crippen LogP contribution in [0.1, 0.15) is 5.56 Å². The number of nitro groups is 2. The van der Waals surface area contributed by atoms with Gasteiger partial charge in [-0.25, -0.2) is 0 Å². The first-order valence-corrected chi connectivity index (χ1v) is 3.98. The van der Waals surface area contributed by atoms with Gasteiger partial charge >= 0.3 is 0 Å². The molecule has 0 spiro atoms. The van der Waals surface area contributed by atoms with E-state index in [9.17, 15) is 20.2 Å². The molecular weight excluding hydrogens is 224 g/mol.